The van der Waals surface area contributed by atoms with Gasteiger partial charge in [0.05, 0.1) is 25.6 Å². The first-order valence-corrected chi connectivity index (χ1v) is 7.33. The number of thiazole rings is 1. The lowest BCUT2D eigenvalue weighted by Gasteiger charge is -1.95. The maximum Gasteiger partial charge on any atom is 0.276 e. The Morgan fingerprint density at radius 1 is 1.00 bits per heavy atom. The van der Waals surface area contributed by atoms with Gasteiger partial charge in [-0.05, 0) is 24.3 Å². The van der Waals surface area contributed by atoms with Crippen LogP contribution in [0, 0.1) is 20.2 Å². The standard InChI is InChI=1S/C15H9N3O4S/c19-17(20)11-6-7-14-12(9-11)16-15(23-14)8-5-10-3-1-2-4-13(10)18(21)22/h1-9H/b8-5+. The van der Waals surface area contributed by atoms with E-state index in [1.165, 1.54) is 29.5 Å². The molecule has 0 saturated carbocycles. The maximum atomic E-state index is 11.0. The van der Waals surface area contributed by atoms with Crippen molar-refractivity contribution >= 4 is 45.1 Å². The van der Waals surface area contributed by atoms with Gasteiger partial charge in [0.15, 0.2) is 0 Å². The number of rotatable bonds is 4. The van der Waals surface area contributed by atoms with Crippen molar-refractivity contribution < 1.29 is 9.85 Å². The molecule has 0 aliphatic heterocycles. The molecule has 0 bridgehead atoms. The third-order valence-corrected chi connectivity index (χ3v) is 4.14. The van der Waals surface area contributed by atoms with Gasteiger partial charge in [-0.25, -0.2) is 4.98 Å². The van der Waals surface area contributed by atoms with Crippen molar-refractivity contribution in [1.29, 1.82) is 0 Å². The lowest BCUT2D eigenvalue weighted by Crippen LogP contribution is -1.90. The summed E-state index contributed by atoms with van der Waals surface area (Å²) >= 11 is 1.36. The fraction of sp³-hybridized carbons (Fsp3) is 0. The number of aromatic nitrogens is 1. The molecule has 114 valence electrons. The first kappa shape index (κ1) is 14.8. The predicted molar refractivity (Wildman–Crippen MR) is 88.3 cm³/mol. The Labute approximate surface area is 133 Å². The van der Waals surface area contributed by atoms with Gasteiger partial charge in [-0.2, -0.15) is 0 Å². The topological polar surface area (TPSA) is 99.2 Å². The van der Waals surface area contributed by atoms with Crippen LogP contribution >= 0.6 is 11.3 Å². The second-order valence-electron chi connectivity index (χ2n) is 4.61. The number of benzene rings is 2. The fourth-order valence-corrected chi connectivity index (χ4v) is 2.92. The van der Waals surface area contributed by atoms with Gasteiger partial charge in [0, 0.05) is 18.2 Å². The number of nitro benzene ring substituents is 2. The number of non-ortho nitro benzene ring substituents is 1. The molecule has 0 N–H and O–H groups in total. The summed E-state index contributed by atoms with van der Waals surface area (Å²) in [6, 6.07) is 10.9. The molecule has 23 heavy (non-hydrogen) atoms. The predicted octanol–water partition coefficient (Wildman–Crippen LogP) is 4.28. The van der Waals surface area contributed by atoms with Crippen molar-refractivity contribution in [1.82, 2.24) is 4.98 Å². The van der Waals surface area contributed by atoms with Crippen molar-refractivity contribution in [2.24, 2.45) is 0 Å². The molecule has 0 fully saturated rings. The van der Waals surface area contributed by atoms with E-state index in [1.807, 2.05) is 0 Å². The molecule has 0 aliphatic carbocycles. The van der Waals surface area contributed by atoms with Crippen molar-refractivity contribution in [3.8, 4) is 0 Å². The Kier molecular flexibility index (Phi) is 3.82. The third kappa shape index (κ3) is 3.06. The Balaban J connectivity index is 1.95. The number of nitro groups is 2. The molecule has 1 aromatic heterocycles. The van der Waals surface area contributed by atoms with Gasteiger partial charge in [-0.3, -0.25) is 20.2 Å². The van der Waals surface area contributed by atoms with Crippen LogP contribution in [0.1, 0.15) is 10.6 Å². The van der Waals surface area contributed by atoms with Crippen LogP contribution in [-0.2, 0) is 0 Å². The van der Waals surface area contributed by atoms with Crippen LogP contribution in [0.3, 0.4) is 0 Å². The van der Waals surface area contributed by atoms with Gasteiger partial charge < -0.3 is 0 Å². The van der Waals surface area contributed by atoms with Gasteiger partial charge in [-0.1, -0.05) is 12.1 Å². The second kappa shape index (κ2) is 5.93. The molecule has 0 radical (unpaired) electrons. The van der Waals surface area contributed by atoms with Crippen LogP contribution in [0.4, 0.5) is 11.4 Å². The molecule has 0 unspecified atom stereocenters. The van der Waals surface area contributed by atoms with E-state index in [2.05, 4.69) is 4.98 Å². The SMILES string of the molecule is O=[N+]([O-])c1ccc2sc(/C=C/c3ccccc3[N+](=O)[O-])nc2c1. The van der Waals surface area contributed by atoms with Crippen LogP contribution < -0.4 is 0 Å². The first-order chi connectivity index (χ1) is 11.0. The minimum Gasteiger partial charge on any atom is -0.258 e. The Morgan fingerprint density at radius 2 is 1.78 bits per heavy atom. The van der Waals surface area contributed by atoms with E-state index in [-0.39, 0.29) is 11.4 Å². The first-order valence-electron chi connectivity index (χ1n) is 6.51. The molecule has 0 spiro atoms. The molecular weight excluding hydrogens is 318 g/mol. The van der Waals surface area contributed by atoms with Gasteiger partial charge in [0.1, 0.15) is 5.01 Å². The quantitative estimate of drug-likeness (QED) is 0.526. The van der Waals surface area contributed by atoms with E-state index >= 15 is 0 Å². The largest absolute Gasteiger partial charge is 0.276 e. The molecular formula is C15H9N3O4S. The number of nitrogens with zero attached hydrogens (tertiary/aromatic N) is 3. The van der Waals surface area contributed by atoms with Crippen molar-refractivity contribution in [2.45, 2.75) is 0 Å². The minimum atomic E-state index is -0.471. The molecule has 0 saturated heterocycles. The molecule has 0 atom stereocenters. The zero-order valence-electron chi connectivity index (χ0n) is 11.6. The third-order valence-electron chi connectivity index (χ3n) is 3.14. The van der Waals surface area contributed by atoms with Crippen LogP contribution in [0.5, 0.6) is 0 Å². The van der Waals surface area contributed by atoms with E-state index in [0.717, 1.165) is 4.70 Å². The van der Waals surface area contributed by atoms with Crippen molar-refractivity contribution in [3.63, 3.8) is 0 Å². The van der Waals surface area contributed by atoms with Gasteiger partial charge in [-0.15, -0.1) is 11.3 Å². The highest BCUT2D eigenvalue weighted by molar-refractivity contribution is 7.19. The molecule has 7 nitrogen and oxygen atoms in total. The molecule has 8 heteroatoms. The summed E-state index contributed by atoms with van der Waals surface area (Å²) in [5.74, 6) is 0. The van der Waals surface area contributed by atoms with Crippen molar-refractivity contribution in [2.75, 3.05) is 0 Å². The summed E-state index contributed by atoms with van der Waals surface area (Å²) in [6.07, 6.45) is 3.28. The highest BCUT2D eigenvalue weighted by Gasteiger charge is 2.11. The number of hydrogen-bond acceptors (Lipinski definition) is 6. The second-order valence-corrected chi connectivity index (χ2v) is 5.67. The van der Waals surface area contributed by atoms with Crippen molar-refractivity contribution in [3.05, 3.63) is 73.3 Å². The number of fused-ring (bicyclic) bond motifs is 1. The lowest BCUT2D eigenvalue weighted by atomic mass is 10.1. The summed E-state index contributed by atoms with van der Waals surface area (Å²) in [5, 5.41) is 22.4. The maximum absolute atomic E-state index is 11.0. The van der Waals surface area contributed by atoms with E-state index in [1.54, 1.807) is 36.4 Å². The Bertz CT molecular complexity index is 949. The normalized spacial score (nSPS) is 11.1. The van der Waals surface area contributed by atoms with E-state index in [0.29, 0.717) is 16.1 Å². The summed E-state index contributed by atoms with van der Waals surface area (Å²) < 4.78 is 0.817. The Hall–Kier alpha value is -3.13. The minimum absolute atomic E-state index is 0.0144. The summed E-state index contributed by atoms with van der Waals surface area (Å²) in [6.45, 7) is 0. The summed E-state index contributed by atoms with van der Waals surface area (Å²) in [7, 11) is 0. The van der Waals surface area contributed by atoms with Gasteiger partial charge in [0.2, 0.25) is 0 Å². The molecule has 0 aliphatic rings. The zero-order valence-corrected chi connectivity index (χ0v) is 12.4. The fourth-order valence-electron chi connectivity index (χ4n) is 2.07. The average molecular weight is 327 g/mol. The molecule has 2 aromatic carbocycles. The van der Waals surface area contributed by atoms with Crippen LogP contribution in [0.15, 0.2) is 42.5 Å². The molecule has 1 heterocycles. The number of para-hydroxylation sites is 1. The van der Waals surface area contributed by atoms with Crippen LogP contribution in [0.25, 0.3) is 22.4 Å². The number of hydrogen-bond donors (Lipinski definition) is 0. The summed E-state index contributed by atoms with van der Waals surface area (Å²) in [4.78, 5) is 25.1. The Morgan fingerprint density at radius 3 is 2.52 bits per heavy atom. The van der Waals surface area contributed by atoms with E-state index < -0.39 is 9.85 Å². The van der Waals surface area contributed by atoms with Crippen LogP contribution in [-0.4, -0.2) is 14.8 Å². The van der Waals surface area contributed by atoms with Crippen LogP contribution in [0.2, 0.25) is 0 Å². The smallest absolute Gasteiger partial charge is 0.258 e. The van der Waals surface area contributed by atoms with Gasteiger partial charge in [0.25, 0.3) is 11.4 Å². The molecule has 3 aromatic rings. The molecule has 3 rings (SSSR count). The average Bonchev–Trinajstić information content (AvgIpc) is 2.94. The highest BCUT2D eigenvalue weighted by Crippen LogP contribution is 2.27. The summed E-state index contributed by atoms with van der Waals surface area (Å²) in [5.41, 5.74) is 1.01. The van der Waals surface area contributed by atoms with E-state index in [9.17, 15) is 20.2 Å². The molecule has 0 amide bonds. The van der Waals surface area contributed by atoms with E-state index in [4.69, 9.17) is 0 Å². The highest BCUT2D eigenvalue weighted by atomic mass is 32.1. The lowest BCUT2D eigenvalue weighted by molar-refractivity contribution is -0.385. The zero-order chi connectivity index (χ0) is 16.4. The monoisotopic (exact) mass is 327 g/mol. The van der Waals surface area contributed by atoms with Gasteiger partial charge >= 0.3 is 0 Å².